The van der Waals surface area contributed by atoms with Crippen LogP contribution in [0.15, 0.2) is 24.5 Å². The molecule has 0 bridgehead atoms. The normalized spacial score (nSPS) is 18.8. The monoisotopic (exact) mass is 302 g/mol. The number of aromatic nitrogens is 2. The van der Waals surface area contributed by atoms with Crippen molar-refractivity contribution in [3.05, 3.63) is 45.7 Å². The van der Waals surface area contributed by atoms with E-state index in [-0.39, 0.29) is 11.9 Å². The number of aryl methyl sites for hydroxylation is 2. The predicted octanol–water partition coefficient (Wildman–Crippen LogP) is 1.94. The molecule has 1 aliphatic rings. The van der Waals surface area contributed by atoms with Crippen molar-refractivity contribution in [2.75, 3.05) is 19.6 Å². The van der Waals surface area contributed by atoms with Crippen LogP contribution < -0.4 is 5.32 Å². The quantitative estimate of drug-likeness (QED) is 0.921. The Kier molecular flexibility index (Phi) is 3.98. The van der Waals surface area contributed by atoms with Gasteiger partial charge in [-0.3, -0.25) is 9.78 Å². The van der Waals surface area contributed by atoms with Gasteiger partial charge in [-0.1, -0.05) is 6.07 Å². The van der Waals surface area contributed by atoms with E-state index >= 15 is 0 Å². The molecule has 1 atom stereocenters. The maximum absolute atomic E-state index is 12.9. The summed E-state index contributed by atoms with van der Waals surface area (Å²) in [5.41, 5.74) is 1.89. The largest absolute Gasteiger partial charge is 0.328 e. The van der Waals surface area contributed by atoms with Crippen molar-refractivity contribution in [1.82, 2.24) is 20.2 Å². The molecule has 3 heterocycles. The Balaban J connectivity index is 1.91. The van der Waals surface area contributed by atoms with Gasteiger partial charge in [-0.25, -0.2) is 4.98 Å². The van der Waals surface area contributed by atoms with Gasteiger partial charge in [0.05, 0.1) is 16.7 Å². The predicted molar refractivity (Wildman–Crippen MR) is 82.5 cm³/mol. The molecule has 1 amide bonds. The number of hydrogen-bond donors (Lipinski definition) is 1. The molecule has 0 aliphatic carbocycles. The number of pyridine rings is 1. The first-order chi connectivity index (χ1) is 10.2. The first-order valence-electron chi connectivity index (χ1n) is 7.02. The lowest BCUT2D eigenvalue weighted by Gasteiger charge is -2.36. The van der Waals surface area contributed by atoms with Crippen LogP contribution in [0.2, 0.25) is 0 Å². The van der Waals surface area contributed by atoms with E-state index in [1.54, 1.807) is 6.20 Å². The molecule has 1 fully saturated rings. The Morgan fingerprint density at radius 3 is 3.00 bits per heavy atom. The summed E-state index contributed by atoms with van der Waals surface area (Å²) in [5, 5.41) is 4.29. The fourth-order valence-electron chi connectivity index (χ4n) is 2.68. The molecule has 5 nitrogen and oxygen atoms in total. The number of rotatable bonds is 2. The highest BCUT2D eigenvalue weighted by molar-refractivity contribution is 7.13. The van der Waals surface area contributed by atoms with Gasteiger partial charge >= 0.3 is 0 Å². The number of thiazole rings is 1. The van der Waals surface area contributed by atoms with Gasteiger partial charge in [0.25, 0.3) is 5.91 Å². The van der Waals surface area contributed by atoms with Crippen LogP contribution >= 0.6 is 11.3 Å². The Morgan fingerprint density at radius 2 is 2.33 bits per heavy atom. The molecule has 1 aliphatic heterocycles. The van der Waals surface area contributed by atoms with Crippen LogP contribution in [0.5, 0.6) is 0 Å². The number of hydrogen-bond acceptors (Lipinski definition) is 5. The molecule has 6 heteroatoms. The first kappa shape index (κ1) is 14.2. The van der Waals surface area contributed by atoms with Crippen molar-refractivity contribution in [1.29, 1.82) is 0 Å². The molecule has 2 aromatic rings. The van der Waals surface area contributed by atoms with Gasteiger partial charge in [-0.15, -0.1) is 11.3 Å². The summed E-state index contributed by atoms with van der Waals surface area (Å²) < 4.78 is 0. The number of nitrogens with zero attached hydrogens (tertiary/aromatic N) is 3. The Bertz CT molecular complexity index is 640. The highest BCUT2D eigenvalue weighted by Gasteiger charge is 2.30. The first-order valence-corrected chi connectivity index (χ1v) is 7.84. The van der Waals surface area contributed by atoms with Crippen molar-refractivity contribution >= 4 is 17.2 Å². The number of amides is 1. The lowest BCUT2D eigenvalue weighted by Crippen LogP contribution is -2.48. The summed E-state index contributed by atoms with van der Waals surface area (Å²) in [5.74, 6) is 0.0773. The summed E-state index contributed by atoms with van der Waals surface area (Å²) in [6, 6.07) is 3.96. The van der Waals surface area contributed by atoms with Crippen molar-refractivity contribution in [2.24, 2.45) is 0 Å². The van der Waals surface area contributed by atoms with Crippen LogP contribution in [0.3, 0.4) is 0 Å². The van der Waals surface area contributed by atoms with Gasteiger partial charge < -0.3 is 10.2 Å². The van der Waals surface area contributed by atoms with Crippen molar-refractivity contribution in [2.45, 2.75) is 19.9 Å². The zero-order valence-corrected chi connectivity index (χ0v) is 13.0. The average molecular weight is 302 g/mol. The third kappa shape index (κ3) is 2.82. The molecule has 21 heavy (non-hydrogen) atoms. The van der Waals surface area contributed by atoms with E-state index in [4.69, 9.17) is 0 Å². The summed E-state index contributed by atoms with van der Waals surface area (Å²) in [7, 11) is 0. The topological polar surface area (TPSA) is 58.1 Å². The van der Waals surface area contributed by atoms with E-state index in [1.165, 1.54) is 11.3 Å². The number of carbonyl (C=O) groups excluding carboxylic acids is 1. The van der Waals surface area contributed by atoms with Gasteiger partial charge in [0.15, 0.2) is 0 Å². The van der Waals surface area contributed by atoms with E-state index in [2.05, 4.69) is 15.3 Å². The van der Waals surface area contributed by atoms with Gasteiger partial charge in [0.1, 0.15) is 4.88 Å². The third-order valence-electron chi connectivity index (χ3n) is 3.67. The number of carbonyl (C=O) groups is 1. The summed E-state index contributed by atoms with van der Waals surface area (Å²) in [6.45, 7) is 6.12. The molecular formula is C15H18N4OS. The second kappa shape index (κ2) is 5.91. The minimum absolute atomic E-state index is 0.0294. The smallest absolute Gasteiger partial charge is 0.266 e. The summed E-state index contributed by atoms with van der Waals surface area (Å²) in [4.78, 5) is 24.1. The molecule has 0 spiro atoms. The van der Waals surface area contributed by atoms with Crippen LogP contribution in [-0.2, 0) is 0 Å². The molecular weight excluding hydrogens is 284 g/mol. The average Bonchev–Trinajstić information content (AvgIpc) is 2.86. The van der Waals surface area contributed by atoms with Crippen molar-refractivity contribution in [3.63, 3.8) is 0 Å². The molecule has 0 saturated carbocycles. The Labute approximate surface area is 128 Å². The molecule has 1 saturated heterocycles. The standard InChI is InChI=1S/C15H18N4OS/c1-10-14(21-11(2)18-10)15(20)19-7-6-17-9-13(19)12-4-3-5-16-8-12/h3-5,8,13,17H,6-7,9H2,1-2H3. The SMILES string of the molecule is Cc1nc(C)c(C(=O)N2CCNCC2c2cccnc2)s1. The van der Waals surface area contributed by atoms with Gasteiger partial charge in [-0.05, 0) is 25.5 Å². The molecule has 0 radical (unpaired) electrons. The second-order valence-electron chi connectivity index (χ2n) is 5.15. The van der Waals surface area contributed by atoms with E-state index in [0.29, 0.717) is 6.54 Å². The fourth-order valence-corrected chi connectivity index (χ4v) is 3.55. The second-order valence-corrected chi connectivity index (χ2v) is 6.36. The molecule has 0 aromatic carbocycles. The minimum atomic E-state index is 0.0294. The minimum Gasteiger partial charge on any atom is -0.328 e. The van der Waals surface area contributed by atoms with Crippen LogP contribution in [-0.4, -0.2) is 40.4 Å². The van der Waals surface area contributed by atoms with Crippen LogP contribution in [0.4, 0.5) is 0 Å². The zero-order chi connectivity index (χ0) is 14.8. The molecule has 2 aromatic heterocycles. The molecule has 3 rings (SSSR count). The van der Waals surface area contributed by atoms with Crippen molar-refractivity contribution in [3.8, 4) is 0 Å². The van der Waals surface area contributed by atoms with E-state index in [0.717, 1.165) is 34.2 Å². The molecule has 110 valence electrons. The Hall–Kier alpha value is -1.79. The third-order valence-corrected chi connectivity index (χ3v) is 4.73. The summed E-state index contributed by atoms with van der Waals surface area (Å²) in [6.07, 6.45) is 3.59. The Morgan fingerprint density at radius 1 is 1.48 bits per heavy atom. The zero-order valence-electron chi connectivity index (χ0n) is 12.2. The highest BCUT2D eigenvalue weighted by Crippen LogP contribution is 2.26. The maximum atomic E-state index is 12.9. The fraction of sp³-hybridized carbons (Fsp3) is 0.400. The lowest BCUT2D eigenvalue weighted by molar-refractivity contribution is 0.0638. The van der Waals surface area contributed by atoms with Gasteiger partial charge in [0.2, 0.25) is 0 Å². The highest BCUT2D eigenvalue weighted by atomic mass is 32.1. The number of piperazine rings is 1. The van der Waals surface area contributed by atoms with Crippen LogP contribution in [0, 0.1) is 13.8 Å². The van der Waals surface area contributed by atoms with Crippen LogP contribution in [0.25, 0.3) is 0 Å². The van der Waals surface area contributed by atoms with Crippen LogP contribution in [0.1, 0.15) is 32.0 Å². The molecule has 1 unspecified atom stereocenters. The van der Waals surface area contributed by atoms with Crippen molar-refractivity contribution < 1.29 is 4.79 Å². The van der Waals surface area contributed by atoms with Gasteiger partial charge in [0, 0.05) is 32.0 Å². The van der Waals surface area contributed by atoms with E-state index in [9.17, 15) is 4.79 Å². The molecule has 1 N–H and O–H groups in total. The van der Waals surface area contributed by atoms with E-state index in [1.807, 2.05) is 37.1 Å². The number of nitrogens with one attached hydrogen (secondary N) is 1. The maximum Gasteiger partial charge on any atom is 0.266 e. The summed E-state index contributed by atoms with van der Waals surface area (Å²) >= 11 is 1.47. The van der Waals surface area contributed by atoms with E-state index < -0.39 is 0 Å². The lowest BCUT2D eigenvalue weighted by atomic mass is 10.0. The van der Waals surface area contributed by atoms with Gasteiger partial charge in [-0.2, -0.15) is 0 Å².